The molecule has 4 nitrogen and oxygen atoms in total. The van der Waals surface area contributed by atoms with Gasteiger partial charge < -0.3 is 15.7 Å². The Hall–Kier alpha value is -1.55. The zero-order valence-electron chi connectivity index (χ0n) is 12.3. The standard InChI is InChI=1S/C16H24N2O2/c1-3-12-6-7-18(13(9-12)10-17)16(20)14-8-11(2)4-5-15(14)19/h4-5,8,12-13,19H,3,6-7,9-10,17H2,1-2H3. The highest BCUT2D eigenvalue weighted by Gasteiger charge is 2.31. The van der Waals surface area contributed by atoms with Crippen molar-refractivity contribution in [3.63, 3.8) is 0 Å². The van der Waals surface area contributed by atoms with Gasteiger partial charge in [-0.3, -0.25) is 4.79 Å². The molecule has 1 saturated heterocycles. The van der Waals surface area contributed by atoms with Gasteiger partial charge in [0, 0.05) is 19.1 Å². The molecule has 1 aromatic carbocycles. The van der Waals surface area contributed by atoms with Gasteiger partial charge in [-0.25, -0.2) is 0 Å². The zero-order chi connectivity index (χ0) is 14.7. The molecule has 2 rings (SSSR count). The molecule has 0 bridgehead atoms. The minimum atomic E-state index is -0.101. The molecule has 1 aliphatic heterocycles. The third kappa shape index (κ3) is 2.96. The van der Waals surface area contributed by atoms with E-state index in [-0.39, 0.29) is 17.7 Å². The summed E-state index contributed by atoms with van der Waals surface area (Å²) >= 11 is 0. The van der Waals surface area contributed by atoms with Crippen molar-refractivity contribution in [1.29, 1.82) is 0 Å². The van der Waals surface area contributed by atoms with Gasteiger partial charge in [0.05, 0.1) is 5.56 Å². The molecule has 1 aliphatic rings. The number of carbonyl (C=O) groups is 1. The molecule has 1 fully saturated rings. The summed E-state index contributed by atoms with van der Waals surface area (Å²) in [7, 11) is 0. The average molecular weight is 276 g/mol. The van der Waals surface area contributed by atoms with E-state index in [4.69, 9.17) is 5.73 Å². The summed E-state index contributed by atoms with van der Waals surface area (Å²) < 4.78 is 0. The summed E-state index contributed by atoms with van der Waals surface area (Å²) in [5.74, 6) is 0.601. The minimum absolute atomic E-state index is 0.0500. The van der Waals surface area contributed by atoms with Gasteiger partial charge in [0.2, 0.25) is 0 Å². The van der Waals surface area contributed by atoms with E-state index in [9.17, 15) is 9.90 Å². The first-order valence-electron chi connectivity index (χ1n) is 7.37. The van der Waals surface area contributed by atoms with Crippen LogP contribution in [0.25, 0.3) is 0 Å². The molecule has 1 amide bonds. The lowest BCUT2D eigenvalue weighted by Crippen LogP contribution is -2.49. The molecule has 3 N–H and O–H groups in total. The van der Waals surface area contributed by atoms with Crippen LogP contribution in [0.15, 0.2) is 18.2 Å². The van der Waals surface area contributed by atoms with Crippen LogP contribution in [0.5, 0.6) is 5.75 Å². The molecule has 1 aromatic rings. The van der Waals surface area contributed by atoms with E-state index in [1.54, 1.807) is 18.2 Å². The van der Waals surface area contributed by atoms with Crippen LogP contribution in [0.2, 0.25) is 0 Å². The van der Waals surface area contributed by atoms with Crippen LogP contribution in [0.4, 0.5) is 0 Å². The predicted octanol–water partition coefficient (Wildman–Crippen LogP) is 2.29. The Balaban J connectivity index is 2.21. The Bertz CT molecular complexity index is 487. The molecule has 1 heterocycles. The van der Waals surface area contributed by atoms with Crippen molar-refractivity contribution in [3.05, 3.63) is 29.3 Å². The first-order valence-corrected chi connectivity index (χ1v) is 7.37. The molecule has 0 spiro atoms. The van der Waals surface area contributed by atoms with Crippen LogP contribution in [0.1, 0.15) is 42.1 Å². The van der Waals surface area contributed by atoms with Gasteiger partial charge in [0.25, 0.3) is 5.91 Å². The maximum absolute atomic E-state index is 12.6. The van der Waals surface area contributed by atoms with E-state index >= 15 is 0 Å². The number of carbonyl (C=O) groups excluding carboxylic acids is 1. The maximum atomic E-state index is 12.6. The van der Waals surface area contributed by atoms with Gasteiger partial charge in [-0.05, 0) is 37.8 Å². The number of rotatable bonds is 3. The summed E-state index contributed by atoms with van der Waals surface area (Å²) in [4.78, 5) is 14.5. The molecule has 4 heteroatoms. The highest BCUT2D eigenvalue weighted by molar-refractivity contribution is 5.97. The number of nitrogens with two attached hydrogens (primary N) is 1. The Kier molecular flexibility index (Phi) is 4.65. The van der Waals surface area contributed by atoms with Crippen molar-refractivity contribution in [2.24, 2.45) is 11.7 Å². The second-order valence-electron chi connectivity index (χ2n) is 5.71. The molecular weight excluding hydrogens is 252 g/mol. The Labute approximate surface area is 120 Å². The summed E-state index contributed by atoms with van der Waals surface area (Å²) in [5.41, 5.74) is 7.20. The molecule has 2 unspecified atom stereocenters. The van der Waals surface area contributed by atoms with Crippen LogP contribution in [0, 0.1) is 12.8 Å². The molecule has 0 aliphatic carbocycles. The SMILES string of the molecule is CCC1CCN(C(=O)c2cc(C)ccc2O)C(CN)C1. The number of phenols is 1. The second kappa shape index (κ2) is 6.27. The van der Waals surface area contributed by atoms with Gasteiger partial charge in [-0.1, -0.05) is 25.0 Å². The van der Waals surface area contributed by atoms with Crippen molar-refractivity contribution in [3.8, 4) is 5.75 Å². The normalized spacial score (nSPS) is 22.9. The molecule has 2 atom stereocenters. The smallest absolute Gasteiger partial charge is 0.257 e. The lowest BCUT2D eigenvalue weighted by atomic mass is 9.88. The number of aromatic hydroxyl groups is 1. The third-order valence-corrected chi connectivity index (χ3v) is 4.32. The quantitative estimate of drug-likeness (QED) is 0.890. The molecule has 0 radical (unpaired) electrons. The van der Waals surface area contributed by atoms with Crippen LogP contribution in [0.3, 0.4) is 0 Å². The number of aryl methyl sites for hydroxylation is 1. The number of likely N-dealkylation sites (tertiary alicyclic amines) is 1. The number of amides is 1. The molecule has 110 valence electrons. The van der Waals surface area contributed by atoms with E-state index in [1.807, 2.05) is 11.8 Å². The van der Waals surface area contributed by atoms with Crippen LogP contribution in [-0.2, 0) is 0 Å². The Morgan fingerprint density at radius 1 is 1.50 bits per heavy atom. The predicted molar refractivity (Wildman–Crippen MR) is 79.7 cm³/mol. The number of nitrogens with zero attached hydrogens (tertiary/aromatic N) is 1. The van der Waals surface area contributed by atoms with Crippen molar-refractivity contribution >= 4 is 5.91 Å². The number of hydrogen-bond acceptors (Lipinski definition) is 3. The van der Waals surface area contributed by atoms with Gasteiger partial charge >= 0.3 is 0 Å². The summed E-state index contributed by atoms with van der Waals surface area (Å²) in [6.07, 6.45) is 3.12. The first kappa shape index (κ1) is 14.9. The summed E-state index contributed by atoms with van der Waals surface area (Å²) in [5, 5.41) is 9.91. The van der Waals surface area contributed by atoms with Crippen LogP contribution < -0.4 is 5.73 Å². The molecule has 0 aromatic heterocycles. The number of benzene rings is 1. The second-order valence-corrected chi connectivity index (χ2v) is 5.71. The van der Waals surface area contributed by atoms with Crippen molar-refractivity contribution in [1.82, 2.24) is 4.90 Å². The van der Waals surface area contributed by atoms with Gasteiger partial charge in [-0.2, -0.15) is 0 Å². The monoisotopic (exact) mass is 276 g/mol. The fourth-order valence-electron chi connectivity index (χ4n) is 2.97. The highest BCUT2D eigenvalue weighted by atomic mass is 16.3. The van der Waals surface area contributed by atoms with E-state index in [2.05, 4.69) is 6.92 Å². The van der Waals surface area contributed by atoms with E-state index in [0.29, 0.717) is 18.0 Å². The van der Waals surface area contributed by atoms with Crippen LogP contribution in [-0.4, -0.2) is 35.0 Å². The molecule has 0 saturated carbocycles. The van der Waals surface area contributed by atoms with E-state index < -0.39 is 0 Å². The van der Waals surface area contributed by atoms with E-state index in [1.165, 1.54) is 0 Å². The zero-order valence-corrected chi connectivity index (χ0v) is 12.3. The molecular formula is C16H24N2O2. The third-order valence-electron chi connectivity index (χ3n) is 4.32. The number of hydrogen-bond donors (Lipinski definition) is 2. The Morgan fingerprint density at radius 2 is 2.25 bits per heavy atom. The lowest BCUT2D eigenvalue weighted by molar-refractivity contribution is 0.0555. The summed E-state index contributed by atoms with van der Waals surface area (Å²) in [6.45, 7) is 5.31. The van der Waals surface area contributed by atoms with Crippen LogP contribution >= 0.6 is 0 Å². The van der Waals surface area contributed by atoms with Crippen molar-refractivity contribution in [2.75, 3.05) is 13.1 Å². The fourth-order valence-corrected chi connectivity index (χ4v) is 2.97. The van der Waals surface area contributed by atoms with Gasteiger partial charge in [0.1, 0.15) is 5.75 Å². The van der Waals surface area contributed by atoms with E-state index in [0.717, 1.165) is 31.4 Å². The molecule has 20 heavy (non-hydrogen) atoms. The van der Waals surface area contributed by atoms with Crippen molar-refractivity contribution in [2.45, 2.75) is 39.2 Å². The largest absolute Gasteiger partial charge is 0.507 e. The lowest BCUT2D eigenvalue weighted by Gasteiger charge is -2.39. The highest BCUT2D eigenvalue weighted by Crippen LogP contribution is 2.28. The topological polar surface area (TPSA) is 66.6 Å². The fraction of sp³-hybridized carbons (Fsp3) is 0.562. The minimum Gasteiger partial charge on any atom is -0.507 e. The van der Waals surface area contributed by atoms with Crippen molar-refractivity contribution < 1.29 is 9.90 Å². The Morgan fingerprint density at radius 3 is 2.90 bits per heavy atom. The average Bonchev–Trinajstić information content (AvgIpc) is 2.48. The van der Waals surface area contributed by atoms with Gasteiger partial charge in [-0.15, -0.1) is 0 Å². The number of phenolic OH excluding ortho intramolecular Hbond substituents is 1. The number of piperidine rings is 1. The maximum Gasteiger partial charge on any atom is 0.257 e. The van der Waals surface area contributed by atoms with Gasteiger partial charge in [0.15, 0.2) is 0 Å². The summed E-state index contributed by atoms with van der Waals surface area (Å²) in [6, 6.07) is 5.22. The first-order chi connectivity index (χ1) is 9.56.